The third-order valence-corrected chi connectivity index (χ3v) is 0.958. The summed E-state index contributed by atoms with van der Waals surface area (Å²) in [5, 5.41) is 0. The van der Waals surface area contributed by atoms with Crippen molar-refractivity contribution in [2.24, 2.45) is 5.92 Å². The van der Waals surface area contributed by atoms with Gasteiger partial charge in [0.2, 0.25) is 0 Å². The minimum atomic E-state index is 0. The van der Waals surface area contributed by atoms with Gasteiger partial charge in [-0.3, -0.25) is 6.08 Å². The summed E-state index contributed by atoms with van der Waals surface area (Å²) in [4.78, 5) is 0. The zero-order valence-electron chi connectivity index (χ0n) is 4.43. The SMILES string of the molecule is [CH2-]C1C=C[CH-]C1.[Mg+2]. The zero-order chi connectivity index (χ0) is 4.41. The van der Waals surface area contributed by atoms with E-state index >= 15 is 0 Å². The largest absolute Gasteiger partial charge is 2.00 e. The van der Waals surface area contributed by atoms with Gasteiger partial charge in [-0.05, 0) is 0 Å². The van der Waals surface area contributed by atoms with Crippen LogP contribution < -0.4 is 0 Å². The molecule has 1 atom stereocenters. The molecule has 1 aliphatic rings. The maximum absolute atomic E-state index is 3.82. The quantitative estimate of drug-likeness (QED) is 0.320. The molecule has 1 unspecified atom stereocenters. The summed E-state index contributed by atoms with van der Waals surface area (Å²) in [6.45, 7) is 3.82. The Kier molecular flexibility index (Phi) is 3.57. The second-order valence-electron chi connectivity index (χ2n) is 1.62. The van der Waals surface area contributed by atoms with E-state index in [1.54, 1.807) is 0 Å². The Morgan fingerprint density at radius 1 is 1.71 bits per heavy atom. The molecule has 1 heteroatoms. The van der Waals surface area contributed by atoms with E-state index in [4.69, 9.17) is 0 Å². The number of allylic oxidation sites excluding steroid dienone is 2. The Balaban J connectivity index is 0.000000360. The third kappa shape index (κ3) is 2.24. The smallest absolute Gasteiger partial charge is 0.354 e. The second kappa shape index (κ2) is 3.39. The van der Waals surface area contributed by atoms with E-state index in [0.29, 0.717) is 5.92 Å². The molecule has 0 spiro atoms. The Bertz CT molecular complexity index is 66.6. The molecule has 0 radical (unpaired) electrons. The molecule has 1 aliphatic carbocycles. The van der Waals surface area contributed by atoms with Crippen molar-refractivity contribution in [1.29, 1.82) is 0 Å². The fourth-order valence-electron chi connectivity index (χ4n) is 0.568. The Hall–Kier alpha value is 0.376. The van der Waals surface area contributed by atoms with Crippen molar-refractivity contribution in [3.8, 4) is 0 Å². The molecule has 0 aromatic carbocycles. The van der Waals surface area contributed by atoms with Gasteiger partial charge in [-0.1, -0.05) is 0 Å². The molecule has 0 nitrogen and oxygen atoms in total. The van der Waals surface area contributed by atoms with Crippen LogP contribution in [0.3, 0.4) is 0 Å². The summed E-state index contributed by atoms with van der Waals surface area (Å²) >= 11 is 0. The van der Waals surface area contributed by atoms with Crippen LogP contribution in [0.15, 0.2) is 12.2 Å². The Morgan fingerprint density at radius 2 is 2.43 bits per heavy atom. The first-order chi connectivity index (χ1) is 2.89. The van der Waals surface area contributed by atoms with Crippen LogP contribution in [0.25, 0.3) is 0 Å². The number of rotatable bonds is 0. The van der Waals surface area contributed by atoms with Crippen LogP contribution in [0.5, 0.6) is 0 Å². The van der Waals surface area contributed by atoms with Crippen molar-refractivity contribution in [2.45, 2.75) is 6.42 Å². The van der Waals surface area contributed by atoms with Crippen molar-refractivity contribution < 1.29 is 0 Å². The van der Waals surface area contributed by atoms with Gasteiger partial charge in [0.1, 0.15) is 0 Å². The maximum Gasteiger partial charge on any atom is 2.00 e. The van der Waals surface area contributed by atoms with Crippen LogP contribution >= 0.6 is 0 Å². The molecule has 0 bridgehead atoms. The molecule has 0 aromatic rings. The minimum absolute atomic E-state index is 0. The van der Waals surface area contributed by atoms with E-state index in [1.807, 2.05) is 0 Å². The normalized spacial score (nSPS) is 26.1. The predicted molar refractivity (Wildman–Crippen MR) is 32.7 cm³/mol. The Morgan fingerprint density at radius 3 is 2.57 bits per heavy atom. The molecule has 0 aromatic heterocycles. The fourth-order valence-corrected chi connectivity index (χ4v) is 0.568. The summed E-state index contributed by atoms with van der Waals surface area (Å²) in [6, 6.07) is 0. The molecule has 0 aliphatic heterocycles. The average molecular weight is 104 g/mol. The van der Waals surface area contributed by atoms with Crippen molar-refractivity contribution in [2.75, 3.05) is 0 Å². The van der Waals surface area contributed by atoms with Gasteiger partial charge < -0.3 is 6.92 Å². The van der Waals surface area contributed by atoms with Gasteiger partial charge in [0.15, 0.2) is 0 Å². The molecule has 0 amide bonds. The molecule has 7 heavy (non-hydrogen) atoms. The summed E-state index contributed by atoms with van der Waals surface area (Å²) in [6.07, 6.45) is 7.45. The molecule has 34 valence electrons. The van der Waals surface area contributed by atoms with Crippen LogP contribution in [-0.4, -0.2) is 23.1 Å². The number of hydrogen-bond donors (Lipinski definition) is 0. The minimum Gasteiger partial charge on any atom is -0.354 e. The first-order valence-electron chi connectivity index (χ1n) is 2.22. The van der Waals surface area contributed by atoms with Crippen LogP contribution in [0.1, 0.15) is 6.42 Å². The summed E-state index contributed by atoms with van der Waals surface area (Å²) in [5.41, 5.74) is 0. The molecule has 0 N–H and O–H groups in total. The van der Waals surface area contributed by atoms with E-state index in [-0.39, 0.29) is 23.1 Å². The van der Waals surface area contributed by atoms with Gasteiger partial charge >= 0.3 is 23.1 Å². The summed E-state index contributed by atoms with van der Waals surface area (Å²) in [7, 11) is 0. The fraction of sp³-hybridized carbons (Fsp3) is 0.333. The standard InChI is InChI=1S/C6H8.Mg/c1-6-4-2-3-5-6;/h2-4,6H,1,5H2;/q-2;+2. The van der Waals surface area contributed by atoms with Gasteiger partial charge in [-0.2, -0.15) is 0 Å². The van der Waals surface area contributed by atoms with Crippen LogP contribution in [0, 0.1) is 19.3 Å². The second-order valence-corrected chi connectivity index (χ2v) is 1.62. The molecular weight excluding hydrogens is 96.4 g/mol. The van der Waals surface area contributed by atoms with Crippen LogP contribution in [0.4, 0.5) is 0 Å². The molecule has 1 rings (SSSR count). The monoisotopic (exact) mass is 104 g/mol. The van der Waals surface area contributed by atoms with Crippen LogP contribution in [-0.2, 0) is 0 Å². The predicted octanol–water partition coefficient (Wildman–Crippen LogP) is 1.22. The molecular formula is C6H8Mg. The third-order valence-electron chi connectivity index (χ3n) is 0.958. The van der Waals surface area contributed by atoms with E-state index in [1.165, 1.54) is 0 Å². The maximum atomic E-state index is 3.82. The summed E-state index contributed by atoms with van der Waals surface area (Å²) in [5.74, 6) is 0.560. The van der Waals surface area contributed by atoms with Gasteiger partial charge in [-0.15, -0.1) is 6.42 Å². The van der Waals surface area contributed by atoms with Gasteiger partial charge in [0.25, 0.3) is 0 Å². The molecule has 0 saturated carbocycles. The summed E-state index contributed by atoms with van der Waals surface area (Å²) < 4.78 is 0. The van der Waals surface area contributed by atoms with Gasteiger partial charge in [0.05, 0.1) is 0 Å². The van der Waals surface area contributed by atoms with Crippen molar-refractivity contribution in [3.63, 3.8) is 0 Å². The van der Waals surface area contributed by atoms with E-state index in [2.05, 4.69) is 25.5 Å². The molecule has 0 fully saturated rings. The van der Waals surface area contributed by atoms with Gasteiger partial charge in [0, 0.05) is 0 Å². The molecule has 0 heterocycles. The topological polar surface area (TPSA) is 0 Å². The van der Waals surface area contributed by atoms with E-state index in [0.717, 1.165) is 6.42 Å². The van der Waals surface area contributed by atoms with Crippen LogP contribution in [0.2, 0.25) is 0 Å². The van der Waals surface area contributed by atoms with Gasteiger partial charge in [-0.25, -0.2) is 18.4 Å². The zero-order valence-corrected chi connectivity index (χ0v) is 5.84. The van der Waals surface area contributed by atoms with Crippen molar-refractivity contribution >= 4 is 23.1 Å². The number of hydrogen-bond acceptors (Lipinski definition) is 0. The van der Waals surface area contributed by atoms with Crippen molar-refractivity contribution in [3.05, 3.63) is 25.5 Å². The first kappa shape index (κ1) is 7.38. The van der Waals surface area contributed by atoms with E-state index < -0.39 is 0 Å². The first-order valence-corrected chi connectivity index (χ1v) is 2.22. The average Bonchev–Trinajstić information content (AvgIpc) is 1.86. The van der Waals surface area contributed by atoms with Crippen molar-refractivity contribution in [1.82, 2.24) is 0 Å². The Labute approximate surface area is 61.1 Å². The van der Waals surface area contributed by atoms with E-state index in [9.17, 15) is 0 Å². The molecule has 0 saturated heterocycles.